The number of halogens is 3. The highest BCUT2D eigenvalue weighted by atomic mass is 19.1. The van der Waals surface area contributed by atoms with Gasteiger partial charge in [-0.3, -0.25) is 14.8 Å². The van der Waals surface area contributed by atoms with Crippen LogP contribution in [0.15, 0.2) is 64.7 Å². The van der Waals surface area contributed by atoms with Crippen molar-refractivity contribution in [3.05, 3.63) is 87.3 Å². The molecule has 0 aromatic carbocycles. The molecule has 1 atom stereocenters. The first-order valence-electron chi connectivity index (χ1n) is 14.4. The van der Waals surface area contributed by atoms with Crippen LogP contribution in [0.4, 0.5) is 24.8 Å². The van der Waals surface area contributed by atoms with Crippen molar-refractivity contribution in [3.63, 3.8) is 0 Å². The van der Waals surface area contributed by atoms with Crippen LogP contribution >= 0.6 is 0 Å². The predicted molar refractivity (Wildman–Crippen MR) is 161 cm³/mol. The molecule has 0 saturated carbocycles. The summed E-state index contributed by atoms with van der Waals surface area (Å²) in [5, 5.41) is 11.9. The number of anilines is 2. The molecule has 0 unspecified atom stereocenters. The summed E-state index contributed by atoms with van der Waals surface area (Å²) in [7, 11) is 0. The Bertz CT molecular complexity index is 1780. The summed E-state index contributed by atoms with van der Waals surface area (Å²) < 4.78 is 46.5. The molecule has 4 heterocycles. The Labute approximate surface area is 257 Å². The Balaban J connectivity index is 1.85. The van der Waals surface area contributed by atoms with Gasteiger partial charge in [0.15, 0.2) is 17.5 Å². The van der Waals surface area contributed by atoms with Crippen molar-refractivity contribution in [2.45, 2.75) is 52.5 Å². The molecule has 5 rings (SSSR count). The zero-order chi connectivity index (χ0) is 32.9. The lowest BCUT2D eigenvalue weighted by Gasteiger charge is -2.41. The van der Waals surface area contributed by atoms with Gasteiger partial charge in [0, 0.05) is 25.7 Å². The Hall–Kier alpha value is -4.85. The van der Waals surface area contributed by atoms with Gasteiger partial charge in [-0.2, -0.15) is 4.98 Å². The summed E-state index contributed by atoms with van der Waals surface area (Å²) in [6.07, 6.45) is 4.70. The first kappa shape index (κ1) is 31.6. The van der Waals surface area contributed by atoms with Crippen LogP contribution in [-0.4, -0.2) is 67.0 Å². The summed E-state index contributed by atoms with van der Waals surface area (Å²) in [5.74, 6) is -6.60. The zero-order valence-corrected chi connectivity index (χ0v) is 25.4. The Morgan fingerprint density at radius 1 is 1.02 bits per heavy atom. The number of amides is 1. The number of aromatic nitrogens is 4. The molecule has 0 bridgehead atoms. The third-order valence-electron chi connectivity index (χ3n) is 7.87. The standard InChI is InChI=1S/C31H32F3N7O4/c1-7-22(42)38-10-11-39(17(6)13-38)29-18-12-21(34)26(23-19(32)8-9-20(33)28(23)43)41(45)30(18)40(31(44)37-29)27-24(15(2)3)35-14-36-25(27)16(4)5/h7-9,12,14-17,45H,1,10-11,13H2,2-6H3/b26-23-/t17-/m0/s1. The van der Waals surface area contributed by atoms with Gasteiger partial charge in [-0.05, 0) is 43.1 Å². The molecule has 1 saturated heterocycles. The number of fused-ring (bicyclic) bond motifs is 1. The molecule has 2 aliphatic heterocycles. The molecule has 236 valence electrons. The van der Waals surface area contributed by atoms with Crippen LogP contribution in [0.2, 0.25) is 0 Å². The molecule has 14 heteroatoms. The summed E-state index contributed by atoms with van der Waals surface area (Å²) >= 11 is 0. The maximum Gasteiger partial charge on any atom is 0.355 e. The van der Waals surface area contributed by atoms with Crippen LogP contribution in [-0.2, 0) is 9.59 Å². The summed E-state index contributed by atoms with van der Waals surface area (Å²) in [6, 6.07) is -0.421. The van der Waals surface area contributed by atoms with Gasteiger partial charge >= 0.3 is 5.69 Å². The average molecular weight is 624 g/mol. The van der Waals surface area contributed by atoms with E-state index in [1.54, 1.807) is 16.7 Å². The van der Waals surface area contributed by atoms with E-state index in [2.05, 4.69) is 21.5 Å². The molecule has 0 radical (unpaired) electrons. The van der Waals surface area contributed by atoms with E-state index in [1.807, 2.05) is 27.7 Å². The minimum atomic E-state index is -1.48. The van der Waals surface area contributed by atoms with Crippen LogP contribution in [0.5, 0.6) is 0 Å². The van der Waals surface area contributed by atoms with Gasteiger partial charge in [0.25, 0.3) is 0 Å². The van der Waals surface area contributed by atoms with Crippen molar-refractivity contribution in [2.75, 3.05) is 29.6 Å². The zero-order valence-electron chi connectivity index (χ0n) is 25.4. The number of allylic oxidation sites excluding steroid dienone is 6. The van der Waals surface area contributed by atoms with E-state index in [1.165, 1.54) is 12.4 Å². The summed E-state index contributed by atoms with van der Waals surface area (Å²) in [6.45, 7) is 13.3. The van der Waals surface area contributed by atoms with Crippen molar-refractivity contribution in [2.24, 2.45) is 0 Å². The topological polar surface area (TPSA) is 125 Å². The number of hydrogen-bond donors (Lipinski definition) is 1. The Kier molecular flexibility index (Phi) is 8.36. The lowest BCUT2D eigenvalue weighted by atomic mass is 9.97. The van der Waals surface area contributed by atoms with Gasteiger partial charge in [0.1, 0.15) is 23.7 Å². The van der Waals surface area contributed by atoms with Crippen molar-refractivity contribution < 1.29 is 28.0 Å². The van der Waals surface area contributed by atoms with E-state index >= 15 is 8.78 Å². The quantitative estimate of drug-likeness (QED) is 0.478. The van der Waals surface area contributed by atoms with Crippen LogP contribution < -0.4 is 15.7 Å². The largest absolute Gasteiger partial charge is 0.355 e. The summed E-state index contributed by atoms with van der Waals surface area (Å²) in [5.41, 5.74) is -2.04. The minimum absolute atomic E-state index is 0.0196. The van der Waals surface area contributed by atoms with Crippen LogP contribution in [0.3, 0.4) is 0 Å². The molecule has 2 aromatic rings. The Morgan fingerprint density at radius 2 is 1.64 bits per heavy atom. The number of hydrogen-bond acceptors (Lipinski definition) is 9. The first-order chi connectivity index (χ1) is 21.3. The van der Waals surface area contributed by atoms with Crippen LogP contribution in [0, 0.1) is 0 Å². The molecular formula is C31H32F3N7O4. The molecule has 1 aliphatic carbocycles. The predicted octanol–water partition coefficient (Wildman–Crippen LogP) is 4.56. The minimum Gasteiger partial charge on any atom is -0.350 e. The van der Waals surface area contributed by atoms with Gasteiger partial charge in [0.2, 0.25) is 11.7 Å². The van der Waals surface area contributed by atoms with Crippen molar-refractivity contribution in [1.82, 2.24) is 24.4 Å². The number of ketones is 1. The Morgan fingerprint density at radius 3 is 2.22 bits per heavy atom. The molecule has 45 heavy (non-hydrogen) atoms. The fraction of sp³-hybridized carbons (Fsp3) is 0.355. The molecule has 1 amide bonds. The van der Waals surface area contributed by atoms with Gasteiger partial charge in [-0.25, -0.2) is 37.6 Å². The van der Waals surface area contributed by atoms with E-state index in [4.69, 9.17) is 0 Å². The number of nitrogens with zero attached hydrogens (tertiary/aromatic N) is 7. The van der Waals surface area contributed by atoms with Crippen molar-refractivity contribution in [1.29, 1.82) is 0 Å². The normalized spacial score (nSPS) is 20.3. The number of Topliss-reactive ketones (excluding diaryl/α,β-unsaturated/α-hetero) is 1. The average Bonchev–Trinajstić information content (AvgIpc) is 2.99. The van der Waals surface area contributed by atoms with E-state index in [-0.39, 0.29) is 65.3 Å². The molecule has 3 aliphatic rings. The third kappa shape index (κ3) is 5.28. The molecule has 1 N–H and O–H groups in total. The van der Waals surface area contributed by atoms with E-state index < -0.39 is 46.3 Å². The maximum absolute atomic E-state index is 16.0. The number of carbonyl (C=O) groups is 2. The van der Waals surface area contributed by atoms with E-state index in [9.17, 15) is 24.0 Å². The SMILES string of the molecule is C=CC(=O)N1CCN(c2nc(=O)n(-c3c(C(C)C)ncnc3C(C)C)c3c2C=C(F)/C(=C2/C(=O)C(F)=CC=C2F)N3O)[C@@H](C)C1. The van der Waals surface area contributed by atoms with Gasteiger partial charge < -0.3 is 9.80 Å². The maximum atomic E-state index is 16.0. The first-order valence-corrected chi connectivity index (χ1v) is 14.4. The van der Waals surface area contributed by atoms with E-state index in [0.717, 1.165) is 10.6 Å². The second-order valence-electron chi connectivity index (χ2n) is 11.5. The van der Waals surface area contributed by atoms with Gasteiger partial charge in [-0.15, -0.1) is 0 Å². The molecular weight excluding hydrogens is 591 g/mol. The van der Waals surface area contributed by atoms with Crippen molar-refractivity contribution >= 4 is 29.4 Å². The highest BCUT2D eigenvalue weighted by Gasteiger charge is 2.40. The summed E-state index contributed by atoms with van der Waals surface area (Å²) in [4.78, 5) is 55.5. The molecule has 11 nitrogen and oxygen atoms in total. The lowest BCUT2D eigenvalue weighted by Crippen LogP contribution is -2.54. The lowest BCUT2D eigenvalue weighted by molar-refractivity contribution is -0.126. The number of carbonyl (C=O) groups excluding carboxylic acids is 2. The fourth-order valence-electron chi connectivity index (χ4n) is 5.73. The van der Waals surface area contributed by atoms with Crippen LogP contribution in [0.1, 0.15) is 63.4 Å². The van der Waals surface area contributed by atoms with Crippen LogP contribution in [0.25, 0.3) is 11.8 Å². The van der Waals surface area contributed by atoms with Gasteiger partial charge in [-0.1, -0.05) is 34.3 Å². The second-order valence-corrected chi connectivity index (χ2v) is 11.5. The number of rotatable bonds is 5. The van der Waals surface area contributed by atoms with Crippen molar-refractivity contribution in [3.8, 4) is 5.69 Å². The molecule has 0 spiro atoms. The second kappa shape index (κ2) is 11.9. The highest BCUT2D eigenvalue weighted by molar-refractivity contribution is 6.12. The third-order valence-corrected chi connectivity index (χ3v) is 7.87. The number of piperazine rings is 1. The fourth-order valence-corrected chi connectivity index (χ4v) is 5.73. The monoisotopic (exact) mass is 623 g/mol. The number of hydroxylamine groups is 1. The van der Waals surface area contributed by atoms with Gasteiger partial charge in [0.05, 0.1) is 28.2 Å². The molecule has 2 aromatic heterocycles. The smallest absolute Gasteiger partial charge is 0.350 e. The molecule has 1 fully saturated rings. The highest BCUT2D eigenvalue weighted by Crippen LogP contribution is 2.44. The van der Waals surface area contributed by atoms with E-state index in [0.29, 0.717) is 23.5 Å².